The smallest absolute Gasteiger partial charge is 0.328 e. The fraction of sp³-hybridized carbons (Fsp3) is 0.471. The van der Waals surface area contributed by atoms with E-state index in [-0.39, 0.29) is 31.6 Å². The van der Waals surface area contributed by atoms with Crippen LogP contribution in [0.1, 0.15) is 24.2 Å². The van der Waals surface area contributed by atoms with Crippen molar-refractivity contribution in [3.8, 4) is 0 Å². The highest BCUT2D eigenvalue weighted by atomic mass is 79.9. The molecule has 1 heterocycles. The normalized spacial score (nSPS) is 18.7. The first-order chi connectivity index (χ1) is 11.8. The van der Waals surface area contributed by atoms with Gasteiger partial charge >= 0.3 is 5.97 Å². The molecule has 2 amide bonds. The number of benzene rings is 1. The van der Waals surface area contributed by atoms with Gasteiger partial charge in [-0.1, -0.05) is 29.8 Å². The molecule has 0 radical (unpaired) electrons. The predicted molar refractivity (Wildman–Crippen MR) is 94.2 cm³/mol. The second-order valence-electron chi connectivity index (χ2n) is 6.16. The van der Waals surface area contributed by atoms with E-state index in [0.29, 0.717) is 5.56 Å². The number of nitrogens with zero attached hydrogens (tertiary/aromatic N) is 1. The molecular formula is C17H21BrN2O5. The molecule has 1 aliphatic heterocycles. The number of carbonyl (C=O) groups is 3. The monoisotopic (exact) mass is 412 g/mol. The van der Waals surface area contributed by atoms with Crippen LogP contribution in [-0.2, 0) is 14.3 Å². The minimum absolute atomic E-state index is 0.0491. The van der Waals surface area contributed by atoms with Gasteiger partial charge in [-0.2, -0.15) is 0 Å². The molecule has 0 bridgehead atoms. The summed E-state index contributed by atoms with van der Waals surface area (Å²) >= 11 is 3.30. The van der Waals surface area contributed by atoms with E-state index in [1.54, 1.807) is 38.1 Å². The number of ether oxygens (including phenoxy) is 1. The van der Waals surface area contributed by atoms with E-state index >= 15 is 0 Å². The Morgan fingerprint density at radius 2 is 1.92 bits per heavy atom. The van der Waals surface area contributed by atoms with Crippen molar-refractivity contribution in [3.05, 3.63) is 34.3 Å². The van der Waals surface area contributed by atoms with E-state index in [4.69, 9.17) is 4.74 Å². The summed E-state index contributed by atoms with van der Waals surface area (Å²) in [5, 5.41) is 12.0. The van der Waals surface area contributed by atoms with Crippen molar-refractivity contribution in [1.82, 2.24) is 10.2 Å². The number of hydrogen-bond acceptors (Lipinski definition) is 4. The lowest BCUT2D eigenvalue weighted by atomic mass is 10.0. The van der Waals surface area contributed by atoms with Crippen LogP contribution in [0.2, 0.25) is 0 Å². The molecule has 7 nitrogen and oxygen atoms in total. The van der Waals surface area contributed by atoms with Crippen molar-refractivity contribution in [1.29, 1.82) is 0 Å². The molecule has 2 atom stereocenters. The Morgan fingerprint density at radius 3 is 2.48 bits per heavy atom. The zero-order valence-electron chi connectivity index (χ0n) is 14.1. The van der Waals surface area contributed by atoms with E-state index in [1.165, 1.54) is 4.90 Å². The molecule has 1 fully saturated rings. The molecule has 0 aromatic heterocycles. The van der Waals surface area contributed by atoms with Gasteiger partial charge in [0, 0.05) is 16.6 Å². The highest BCUT2D eigenvalue weighted by Crippen LogP contribution is 2.15. The maximum atomic E-state index is 12.9. The molecular weight excluding hydrogens is 392 g/mol. The number of amides is 2. The molecule has 0 saturated carbocycles. The van der Waals surface area contributed by atoms with Crippen LogP contribution in [0.25, 0.3) is 0 Å². The highest BCUT2D eigenvalue weighted by Gasteiger charge is 2.37. The first kappa shape index (κ1) is 19.4. The summed E-state index contributed by atoms with van der Waals surface area (Å²) < 4.78 is 6.00. The maximum Gasteiger partial charge on any atom is 0.328 e. The van der Waals surface area contributed by atoms with Gasteiger partial charge in [-0.05, 0) is 30.2 Å². The first-order valence-corrected chi connectivity index (χ1v) is 8.78. The third-order valence-electron chi connectivity index (χ3n) is 4.02. The Labute approximate surface area is 154 Å². The van der Waals surface area contributed by atoms with Gasteiger partial charge in [-0.25, -0.2) is 4.79 Å². The number of aliphatic carboxylic acids is 1. The molecule has 1 aromatic carbocycles. The van der Waals surface area contributed by atoms with Crippen LogP contribution in [-0.4, -0.2) is 59.6 Å². The van der Waals surface area contributed by atoms with Crippen molar-refractivity contribution < 1.29 is 24.2 Å². The molecule has 2 N–H and O–H groups in total. The van der Waals surface area contributed by atoms with Crippen LogP contribution in [0.5, 0.6) is 0 Å². The number of carboxylic acid groups (broad SMARTS) is 1. The number of nitrogens with one attached hydrogen (secondary N) is 1. The third-order valence-corrected chi connectivity index (χ3v) is 4.55. The number of morpholine rings is 1. The molecule has 8 heteroatoms. The second-order valence-corrected chi connectivity index (χ2v) is 7.08. The number of carboxylic acids is 1. The van der Waals surface area contributed by atoms with Gasteiger partial charge in [-0.3, -0.25) is 9.59 Å². The van der Waals surface area contributed by atoms with Crippen molar-refractivity contribution >= 4 is 33.7 Å². The van der Waals surface area contributed by atoms with Crippen LogP contribution < -0.4 is 5.32 Å². The molecule has 136 valence electrons. The summed E-state index contributed by atoms with van der Waals surface area (Å²) in [6.07, 6.45) is 0. The second kappa shape index (κ2) is 8.44. The standard InChI is InChI=1S/C17H21BrN2O5/c1-10(2)14(19-15(21)11-3-5-12(18)6-4-11)16(22)20-7-8-25-9-13(20)17(23)24/h3-6,10,13-14H,7-9H2,1-2H3,(H,19,21)(H,23,24)/t13-,14?/m0/s1. The van der Waals surface area contributed by atoms with Gasteiger partial charge in [0.15, 0.2) is 6.04 Å². The van der Waals surface area contributed by atoms with Crippen molar-refractivity contribution in [2.45, 2.75) is 25.9 Å². The Kier molecular flexibility index (Phi) is 6.55. The number of carbonyl (C=O) groups excluding carboxylic acids is 2. The number of hydrogen-bond donors (Lipinski definition) is 2. The molecule has 1 aliphatic rings. The lowest BCUT2D eigenvalue weighted by Gasteiger charge is -2.36. The van der Waals surface area contributed by atoms with E-state index in [1.807, 2.05) is 0 Å². The zero-order valence-corrected chi connectivity index (χ0v) is 15.7. The molecule has 2 rings (SSSR count). The largest absolute Gasteiger partial charge is 0.480 e. The summed E-state index contributed by atoms with van der Waals surface area (Å²) in [7, 11) is 0. The quantitative estimate of drug-likeness (QED) is 0.763. The topological polar surface area (TPSA) is 95.9 Å². The lowest BCUT2D eigenvalue weighted by molar-refractivity contribution is -0.159. The van der Waals surface area contributed by atoms with E-state index in [0.717, 1.165) is 4.47 Å². The number of rotatable bonds is 5. The van der Waals surface area contributed by atoms with E-state index < -0.39 is 24.0 Å². The Bertz CT molecular complexity index is 647. The SMILES string of the molecule is CC(C)C(NC(=O)c1ccc(Br)cc1)C(=O)N1CCOC[C@H]1C(=O)O. The summed E-state index contributed by atoms with van der Waals surface area (Å²) in [6, 6.07) is 4.93. The van der Waals surface area contributed by atoms with Crippen LogP contribution in [0.3, 0.4) is 0 Å². The number of halogens is 1. The van der Waals surface area contributed by atoms with Crippen LogP contribution in [0.15, 0.2) is 28.7 Å². The minimum Gasteiger partial charge on any atom is -0.480 e. The van der Waals surface area contributed by atoms with E-state index in [9.17, 15) is 19.5 Å². The molecule has 1 unspecified atom stereocenters. The Morgan fingerprint density at radius 1 is 1.28 bits per heavy atom. The predicted octanol–water partition coefficient (Wildman–Crippen LogP) is 1.52. The maximum absolute atomic E-state index is 12.9. The van der Waals surface area contributed by atoms with E-state index in [2.05, 4.69) is 21.2 Å². The molecule has 1 aromatic rings. The fourth-order valence-electron chi connectivity index (χ4n) is 2.59. The van der Waals surface area contributed by atoms with Gasteiger partial charge in [0.2, 0.25) is 5.91 Å². The van der Waals surface area contributed by atoms with Crippen LogP contribution in [0.4, 0.5) is 0 Å². The molecule has 25 heavy (non-hydrogen) atoms. The highest BCUT2D eigenvalue weighted by molar-refractivity contribution is 9.10. The Hall–Kier alpha value is -1.93. The molecule has 1 saturated heterocycles. The zero-order chi connectivity index (χ0) is 18.6. The van der Waals surface area contributed by atoms with Gasteiger partial charge in [-0.15, -0.1) is 0 Å². The summed E-state index contributed by atoms with van der Waals surface area (Å²) in [4.78, 5) is 37.9. The van der Waals surface area contributed by atoms with Gasteiger partial charge < -0.3 is 20.1 Å². The lowest BCUT2D eigenvalue weighted by Crippen LogP contribution is -2.59. The molecule has 0 spiro atoms. The fourth-order valence-corrected chi connectivity index (χ4v) is 2.85. The average Bonchev–Trinajstić information content (AvgIpc) is 2.59. The summed E-state index contributed by atoms with van der Waals surface area (Å²) in [5.41, 5.74) is 0.429. The summed E-state index contributed by atoms with van der Waals surface area (Å²) in [5.74, 6) is -2.09. The first-order valence-electron chi connectivity index (χ1n) is 7.98. The van der Waals surface area contributed by atoms with Crippen LogP contribution >= 0.6 is 15.9 Å². The summed E-state index contributed by atoms with van der Waals surface area (Å²) in [6.45, 7) is 4.03. The minimum atomic E-state index is -1.12. The van der Waals surface area contributed by atoms with Gasteiger partial charge in [0.25, 0.3) is 5.91 Å². The van der Waals surface area contributed by atoms with Gasteiger partial charge in [0.1, 0.15) is 6.04 Å². The van der Waals surface area contributed by atoms with Crippen LogP contribution in [0, 0.1) is 5.92 Å². The van der Waals surface area contributed by atoms with Crippen molar-refractivity contribution in [2.24, 2.45) is 5.92 Å². The third kappa shape index (κ3) is 4.79. The van der Waals surface area contributed by atoms with Crippen molar-refractivity contribution in [2.75, 3.05) is 19.8 Å². The molecule has 0 aliphatic carbocycles. The average molecular weight is 413 g/mol. The Balaban J connectivity index is 2.16. The van der Waals surface area contributed by atoms with Gasteiger partial charge in [0.05, 0.1) is 13.2 Å². The van der Waals surface area contributed by atoms with Crippen molar-refractivity contribution in [3.63, 3.8) is 0 Å².